The minimum Gasteiger partial charge on any atom is -0.394 e. The van der Waals surface area contributed by atoms with E-state index in [0.29, 0.717) is 0 Å². The molecule has 8 N–H and O–H groups in total. The predicted octanol–water partition coefficient (Wildman–Crippen LogP) is -5.40. The van der Waals surface area contributed by atoms with Gasteiger partial charge in [-0.15, -0.1) is 0 Å². The van der Waals surface area contributed by atoms with Gasteiger partial charge < -0.3 is 55.1 Å². The van der Waals surface area contributed by atoms with E-state index in [9.17, 15) is 30.6 Å². The molecule has 0 saturated carbocycles. The van der Waals surface area contributed by atoms with Gasteiger partial charge in [-0.05, 0) is 0 Å². The summed E-state index contributed by atoms with van der Waals surface area (Å²) in [5.41, 5.74) is 0. The van der Waals surface area contributed by atoms with Gasteiger partial charge in [0.15, 0.2) is 12.6 Å². The zero-order chi connectivity index (χ0) is 17.3. The van der Waals surface area contributed by atoms with Crippen LogP contribution in [0.15, 0.2) is 0 Å². The maximum atomic E-state index is 9.94. The lowest BCUT2D eigenvalue weighted by molar-refractivity contribution is -0.361. The smallest absolute Gasteiger partial charge is 0.187 e. The summed E-state index contributed by atoms with van der Waals surface area (Å²) < 4.78 is 15.1. The van der Waals surface area contributed by atoms with Crippen LogP contribution < -0.4 is 0 Å². The first-order valence-corrected chi connectivity index (χ1v) is 7.08. The molecule has 2 fully saturated rings. The van der Waals surface area contributed by atoms with E-state index in [1.165, 1.54) is 0 Å². The summed E-state index contributed by atoms with van der Waals surface area (Å²) >= 11 is 0. The fourth-order valence-electron chi connectivity index (χ4n) is 2.55. The SMILES string of the molecule is OC[C@H]1O[C@H](O[C@H]2C(O)O[C@H](CO)[C@@H](O)[C@@H]2O)[C@H](O)[C@@H](O)[C@H]1O. The predicted molar refractivity (Wildman–Crippen MR) is 68.6 cm³/mol. The van der Waals surface area contributed by atoms with Crippen LogP contribution in [-0.4, -0.2) is 115 Å². The van der Waals surface area contributed by atoms with Crippen molar-refractivity contribution in [1.82, 2.24) is 0 Å². The number of aliphatic hydroxyl groups excluding tert-OH is 8. The second-order valence-corrected chi connectivity index (χ2v) is 5.53. The Morgan fingerprint density at radius 3 is 1.74 bits per heavy atom. The van der Waals surface area contributed by atoms with E-state index >= 15 is 0 Å². The number of hydrogen-bond acceptors (Lipinski definition) is 11. The normalized spacial score (nSPS) is 51.7. The highest BCUT2D eigenvalue weighted by atomic mass is 16.7. The molecule has 0 aromatic carbocycles. The van der Waals surface area contributed by atoms with Gasteiger partial charge in [0.1, 0.15) is 48.8 Å². The molecule has 0 spiro atoms. The minimum atomic E-state index is -1.75. The molecule has 2 heterocycles. The standard InChI is InChI=1S/C12H22O11/c13-1-3-6(16)8(18)10(11(20)21-3)23-12-9(19)7(17)5(15)4(2-14)22-12/h3-20H,1-2H2/t3-,4-,5+,6-,7+,8+,9-,10-,11?,12-/m1/s1. The average Bonchev–Trinajstić information content (AvgIpc) is 2.54. The molecule has 2 saturated heterocycles. The van der Waals surface area contributed by atoms with Crippen LogP contribution in [0.1, 0.15) is 0 Å². The van der Waals surface area contributed by atoms with Crippen LogP contribution in [0, 0.1) is 0 Å². The quantitative estimate of drug-likeness (QED) is 0.243. The lowest BCUT2D eigenvalue weighted by atomic mass is 9.97. The van der Waals surface area contributed by atoms with Crippen molar-refractivity contribution in [3.63, 3.8) is 0 Å². The first-order chi connectivity index (χ1) is 10.8. The largest absolute Gasteiger partial charge is 0.394 e. The molecule has 11 nitrogen and oxygen atoms in total. The molecule has 2 aliphatic rings. The van der Waals surface area contributed by atoms with Gasteiger partial charge in [-0.3, -0.25) is 0 Å². The second-order valence-electron chi connectivity index (χ2n) is 5.53. The summed E-state index contributed by atoms with van der Waals surface area (Å²) in [4.78, 5) is 0. The highest BCUT2D eigenvalue weighted by Gasteiger charge is 2.50. The summed E-state index contributed by atoms with van der Waals surface area (Å²) in [6.45, 7) is -1.33. The van der Waals surface area contributed by atoms with Crippen LogP contribution in [0.25, 0.3) is 0 Å². The molecule has 0 aromatic heterocycles. The Bertz CT molecular complexity index is 380. The third-order valence-corrected chi connectivity index (χ3v) is 3.98. The molecule has 136 valence electrons. The molecule has 10 atom stereocenters. The van der Waals surface area contributed by atoms with Crippen molar-refractivity contribution in [2.24, 2.45) is 0 Å². The fraction of sp³-hybridized carbons (Fsp3) is 1.00. The van der Waals surface area contributed by atoms with Crippen molar-refractivity contribution >= 4 is 0 Å². The van der Waals surface area contributed by atoms with Crippen LogP contribution in [0.5, 0.6) is 0 Å². The topological polar surface area (TPSA) is 190 Å². The summed E-state index contributed by atoms with van der Waals surface area (Å²) in [7, 11) is 0. The van der Waals surface area contributed by atoms with Crippen molar-refractivity contribution in [1.29, 1.82) is 0 Å². The highest BCUT2D eigenvalue weighted by molar-refractivity contribution is 4.93. The monoisotopic (exact) mass is 342 g/mol. The zero-order valence-electron chi connectivity index (χ0n) is 12.0. The van der Waals surface area contributed by atoms with E-state index in [4.69, 9.17) is 24.4 Å². The third kappa shape index (κ3) is 3.65. The Balaban J connectivity index is 2.08. The first-order valence-electron chi connectivity index (χ1n) is 7.08. The first kappa shape index (κ1) is 18.9. The maximum Gasteiger partial charge on any atom is 0.187 e. The van der Waals surface area contributed by atoms with Crippen molar-refractivity contribution in [2.75, 3.05) is 13.2 Å². The van der Waals surface area contributed by atoms with Gasteiger partial charge in [-0.2, -0.15) is 0 Å². The molecule has 0 aromatic rings. The van der Waals surface area contributed by atoms with Gasteiger partial charge in [-0.25, -0.2) is 0 Å². The molecule has 23 heavy (non-hydrogen) atoms. The second kappa shape index (κ2) is 7.63. The van der Waals surface area contributed by atoms with Gasteiger partial charge in [0.2, 0.25) is 0 Å². The molecule has 2 rings (SSSR count). The molecule has 0 radical (unpaired) electrons. The van der Waals surface area contributed by atoms with E-state index in [2.05, 4.69) is 0 Å². The summed E-state index contributed by atoms with van der Waals surface area (Å²) in [5, 5.41) is 76.7. The van der Waals surface area contributed by atoms with Crippen molar-refractivity contribution < 1.29 is 55.1 Å². The van der Waals surface area contributed by atoms with Crippen LogP contribution in [-0.2, 0) is 14.2 Å². The van der Waals surface area contributed by atoms with E-state index in [0.717, 1.165) is 0 Å². The number of aliphatic hydroxyl groups is 8. The molecule has 2 aliphatic heterocycles. The summed E-state index contributed by atoms with van der Waals surface area (Å²) in [6.07, 6.45) is -15.6. The Morgan fingerprint density at radius 2 is 1.17 bits per heavy atom. The molecular formula is C12H22O11. The third-order valence-electron chi connectivity index (χ3n) is 3.98. The number of ether oxygens (including phenoxy) is 3. The Morgan fingerprint density at radius 1 is 0.652 bits per heavy atom. The average molecular weight is 342 g/mol. The molecule has 0 aliphatic carbocycles. The minimum absolute atomic E-state index is 0.651. The van der Waals surface area contributed by atoms with E-state index in [-0.39, 0.29) is 0 Å². The Labute approximate surface area is 130 Å². The van der Waals surface area contributed by atoms with E-state index < -0.39 is 74.6 Å². The summed E-state index contributed by atoms with van der Waals surface area (Å²) in [6, 6.07) is 0. The number of hydrogen-bond donors (Lipinski definition) is 8. The molecule has 11 heteroatoms. The molecular weight excluding hydrogens is 320 g/mol. The molecule has 0 bridgehead atoms. The number of rotatable bonds is 4. The lowest BCUT2D eigenvalue weighted by Gasteiger charge is -2.44. The van der Waals surface area contributed by atoms with Crippen molar-refractivity contribution in [2.45, 2.75) is 61.4 Å². The lowest BCUT2D eigenvalue weighted by Crippen LogP contribution is -2.64. The van der Waals surface area contributed by atoms with E-state index in [1.54, 1.807) is 0 Å². The van der Waals surface area contributed by atoms with Crippen molar-refractivity contribution in [3.05, 3.63) is 0 Å². The van der Waals surface area contributed by atoms with Crippen LogP contribution >= 0.6 is 0 Å². The maximum absolute atomic E-state index is 9.94. The van der Waals surface area contributed by atoms with Gasteiger partial charge in [0.25, 0.3) is 0 Å². The van der Waals surface area contributed by atoms with Gasteiger partial charge in [0.05, 0.1) is 13.2 Å². The van der Waals surface area contributed by atoms with Gasteiger partial charge >= 0.3 is 0 Å². The Hall–Kier alpha value is -0.440. The Kier molecular flexibility index (Phi) is 6.27. The van der Waals surface area contributed by atoms with Gasteiger partial charge in [-0.1, -0.05) is 0 Å². The van der Waals surface area contributed by atoms with Crippen LogP contribution in [0.2, 0.25) is 0 Å². The zero-order valence-corrected chi connectivity index (χ0v) is 12.0. The van der Waals surface area contributed by atoms with E-state index in [1.807, 2.05) is 0 Å². The van der Waals surface area contributed by atoms with Crippen LogP contribution in [0.4, 0.5) is 0 Å². The summed E-state index contributed by atoms with van der Waals surface area (Å²) in [5.74, 6) is 0. The van der Waals surface area contributed by atoms with Gasteiger partial charge in [0, 0.05) is 0 Å². The highest BCUT2D eigenvalue weighted by Crippen LogP contribution is 2.28. The molecule has 0 amide bonds. The van der Waals surface area contributed by atoms with Crippen molar-refractivity contribution in [3.8, 4) is 0 Å². The fourth-order valence-corrected chi connectivity index (χ4v) is 2.55. The molecule has 1 unspecified atom stereocenters. The van der Waals surface area contributed by atoms with Crippen LogP contribution in [0.3, 0.4) is 0 Å².